The van der Waals surface area contributed by atoms with Gasteiger partial charge in [-0.05, 0) is 109 Å². The lowest BCUT2D eigenvalue weighted by molar-refractivity contribution is -0.130. The van der Waals surface area contributed by atoms with Crippen LogP contribution >= 0.6 is 64.8 Å². The van der Waals surface area contributed by atoms with Crippen LogP contribution in [-0.4, -0.2) is 170 Å². The van der Waals surface area contributed by atoms with E-state index in [1.165, 1.54) is 238 Å². The zero-order valence-corrected chi connectivity index (χ0v) is 71.0. The molecule has 0 aromatic carbocycles. The number of unbranched alkanes of at least 4 members (excludes halogenated alkanes) is 30. The number of carbonyl (C=O) groups is 10. The predicted molar refractivity (Wildman–Crippen MR) is 463 cm³/mol. The Bertz CT molecular complexity index is 2620. The Morgan fingerprint density at radius 3 is 0.862 bits per heavy atom. The predicted octanol–water partition coefficient (Wildman–Crippen LogP) is 12.6. The van der Waals surface area contributed by atoms with Gasteiger partial charge in [0, 0.05) is 70.8 Å². The summed E-state index contributed by atoms with van der Waals surface area (Å²) in [5.41, 5.74) is 19.0. The van der Waals surface area contributed by atoms with Crippen molar-refractivity contribution in [1.82, 2.24) is 53.5 Å². The number of hydrazone groups is 3. The summed E-state index contributed by atoms with van der Waals surface area (Å²) in [7, 11) is 7.22. The van der Waals surface area contributed by atoms with Crippen LogP contribution in [0.3, 0.4) is 0 Å². The minimum atomic E-state index is -1.33. The van der Waals surface area contributed by atoms with Gasteiger partial charge in [-0.3, -0.25) is 47.9 Å². The molecule has 0 aliphatic carbocycles. The van der Waals surface area contributed by atoms with Crippen molar-refractivity contribution in [3.05, 3.63) is 36.5 Å². The molecule has 0 unspecified atom stereocenters. The largest absolute Gasteiger partial charge is 0.370 e. The minimum Gasteiger partial charge on any atom is -0.370 e. The molecular formula is C77H138N16O10S6. The van der Waals surface area contributed by atoms with E-state index < -0.39 is 41.7 Å². The van der Waals surface area contributed by atoms with E-state index in [0.717, 1.165) is 57.8 Å². The number of rotatable bonds is 76. The Hall–Kier alpha value is -5.70. The first-order valence-corrected chi connectivity index (χ1v) is 47.7. The second-order valence-electron chi connectivity index (χ2n) is 26.4. The van der Waals surface area contributed by atoms with Gasteiger partial charge in [-0.2, -0.15) is 15.3 Å². The molecule has 0 aromatic heterocycles. The number of hydrogen-bond donors (Lipinski definition) is 12. The SMILES string of the molecule is CCCC/C=C\CCCCCCCCC/C=N\NC(=O)CSSCC(=O)NCCNC(=O)CC[C@H](N=C(N)N)C(=O)N[C@@H](CCC(=O)NCCNC(=O)CSSCC(=O)N/N=C\CCCCCCCCC/C=C\CCCC)C(=O)NCCNC(=O)CSSCC(=O)N/N=C\CCCCCCCCC/C=C\CCCC. The van der Waals surface area contributed by atoms with E-state index >= 15 is 0 Å². The molecule has 0 saturated carbocycles. The van der Waals surface area contributed by atoms with Crippen LogP contribution in [0.15, 0.2) is 56.8 Å². The summed E-state index contributed by atoms with van der Waals surface area (Å²) >= 11 is 0. The number of aliphatic imine (C=N–C) groups is 1. The molecule has 622 valence electrons. The van der Waals surface area contributed by atoms with Crippen molar-refractivity contribution in [2.75, 3.05) is 73.8 Å². The Morgan fingerprint density at radius 1 is 0.303 bits per heavy atom. The van der Waals surface area contributed by atoms with Gasteiger partial charge < -0.3 is 48.7 Å². The highest BCUT2D eigenvalue weighted by Gasteiger charge is 2.27. The topological polar surface area (TPSA) is 392 Å². The van der Waals surface area contributed by atoms with Crippen molar-refractivity contribution in [3.63, 3.8) is 0 Å². The second kappa shape index (κ2) is 80.4. The van der Waals surface area contributed by atoms with Gasteiger partial charge in [0.2, 0.25) is 41.4 Å². The van der Waals surface area contributed by atoms with Crippen LogP contribution in [0.25, 0.3) is 0 Å². The molecule has 0 aliphatic heterocycles. The molecule has 0 heterocycles. The van der Waals surface area contributed by atoms with Crippen LogP contribution in [0.5, 0.6) is 0 Å². The third-order valence-electron chi connectivity index (χ3n) is 16.3. The number of carbonyl (C=O) groups excluding carboxylic acids is 10. The first-order chi connectivity index (χ1) is 53.1. The van der Waals surface area contributed by atoms with Gasteiger partial charge in [-0.25, -0.2) is 21.3 Å². The van der Waals surface area contributed by atoms with Crippen molar-refractivity contribution in [3.8, 4) is 0 Å². The zero-order chi connectivity index (χ0) is 79.8. The molecule has 0 saturated heterocycles. The van der Waals surface area contributed by atoms with Gasteiger partial charge in [0.25, 0.3) is 17.7 Å². The molecule has 109 heavy (non-hydrogen) atoms. The summed E-state index contributed by atoms with van der Waals surface area (Å²) in [4.78, 5) is 132. The molecular weight excluding hydrogens is 1500 g/mol. The summed E-state index contributed by atoms with van der Waals surface area (Å²) in [6.07, 6.45) is 60.1. The van der Waals surface area contributed by atoms with Crippen molar-refractivity contribution in [1.29, 1.82) is 0 Å². The Morgan fingerprint density at radius 2 is 0.560 bits per heavy atom. The maximum atomic E-state index is 13.8. The summed E-state index contributed by atoms with van der Waals surface area (Å²) in [5.74, 6) is -4.30. The molecule has 32 heteroatoms. The Labute approximate surface area is 677 Å². The van der Waals surface area contributed by atoms with Crippen LogP contribution in [0.2, 0.25) is 0 Å². The number of hydrogen-bond acceptors (Lipinski definition) is 20. The smallest absolute Gasteiger partial charge is 0.250 e. The molecule has 0 aromatic rings. The molecule has 0 radical (unpaired) electrons. The molecule has 0 aliphatic rings. The van der Waals surface area contributed by atoms with Gasteiger partial charge in [0.1, 0.15) is 12.1 Å². The van der Waals surface area contributed by atoms with E-state index in [9.17, 15) is 47.9 Å². The fourth-order valence-corrected chi connectivity index (χ4v) is 15.3. The van der Waals surface area contributed by atoms with E-state index in [2.05, 4.69) is 131 Å². The van der Waals surface area contributed by atoms with E-state index in [4.69, 9.17) is 11.5 Å². The number of guanidine groups is 1. The Kier molecular flexibility index (Phi) is 76.2. The average molecular weight is 1640 g/mol. The average Bonchev–Trinajstić information content (AvgIpc) is 0.889. The van der Waals surface area contributed by atoms with Crippen molar-refractivity contribution < 1.29 is 47.9 Å². The summed E-state index contributed by atoms with van der Waals surface area (Å²) in [6, 6.07) is -2.64. The molecule has 0 fully saturated rings. The monoisotopic (exact) mass is 1640 g/mol. The summed E-state index contributed by atoms with van der Waals surface area (Å²) in [5, 5.41) is 30.9. The number of nitrogens with one attached hydrogen (secondary N) is 10. The molecule has 0 bridgehead atoms. The molecule has 2 atom stereocenters. The van der Waals surface area contributed by atoms with Gasteiger partial charge in [0.15, 0.2) is 5.96 Å². The lowest BCUT2D eigenvalue weighted by atomic mass is 10.1. The van der Waals surface area contributed by atoms with Gasteiger partial charge in [-0.15, -0.1) is 0 Å². The Balaban J connectivity index is 5.04. The van der Waals surface area contributed by atoms with E-state index in [1.807, 2.05) is 0 Å². The van der Waals surface area contributed by atoms with Crippen LogP contribution in [0.1, 0.15) is 278 Å². The highest BCUT2D eigenvalue weighted by Crippen LogP contribution is 2.22. The quantitative estimate of drug-likeness (QED) is 0.00672. The zero-order valence-electron chi connectivity index (χ0n) is 66.1. The maximum Gasteiger partial charge on any atom is 0.250 e. The summed E-state index contributed by atoms with van der Waals surface area (Å²) < 4.78 is 0. The third kappa shape index (κ3) is 76.1. The lowest BCUT2D eigenvalue weighted by Crippen LogP contribution is -2.51. The van der Waals surface area contributed by atoms with Gasteiger partial charge in [-0.1, -0.05) is 257 Å². The fraction of sp³-hybridized carbons (Fsp3) is 0.740. The highest BCUT2D eigenvalue weighted by atomic mass is 33.1. The first kappa shape index (κ1) is 103. The molecule has 0 spiro atoms. The van der Waals surface area contributed by atoms with Crippen molar-refractivity contribution in [2.45, 2.75) is 290 Å². The van der Waals surface area contributed by atoms with Crippen LogP contribution in [0.4, 0.5) is 0 Å². The normalized spacial score (nSPS) is 12.1. The van der Waals surface area contributed by atoms with Crippen LogP contribution in [0, 0.1) is 0 Å². The highest BCUT2D eigenvalue weighted by molar-refractivity contribution is 8.77. The van der Waals surface area contributed by atoms with Crippen LogP contribution in [-0.2, 0) is 47.9 Å². The van der Waals surface area contributed by atoms with Crippen molar-refractivity contribution >= 4 is 148 Å². The van der Waals surface area contributed by atoms with Gasteiger partial charge >= 0.3 is 0 Å². The first-order valence-electron chi connectivity index (χ1n) is 40.2. The number of allylic oxidation sites excluding steroid dienone is 6. The van der Waals surface area contributed by atoms with Crippen LogP contribution < -0.4 is 65.0 Å². The molecule has 0 rings (SSSR count). The fourth-order valence-electron chi connectivity index (χ4n) is 10.2. The maximum absolute atomic E-state index is 13.8. The molecule has 14 N–H and O–H groups in total. The van der Waals surface area contributed by atoms with E-state index in [0.29, 0.717) is 0 Å². The second-order valence-corrected chi connectivity index (χ2v) is 33.7. The lowest BCUT2D eigenvalue weighted by Gasteiger charge is -2.21. The minimum absolute atomic E-state index is 0.0117. The standard InChI is InChI=1S/C77H138N16O10S6/c1-4-7-10-13-16-19-22-25-28-31-34-37-40-43-50-86-91-72(99)62-107-104-59-69(96)82-55-53-80-67(94)48-46-65(75(102)85-58-57-84-71(98)61-106-109-64-74(101)93-88-52-45-42-39-36-33-30-27-24-21-18-15-12-9-6-3)89-76(103)66(90-77(78)79)47-49-68(95)81-54-56-83-70(97)60-105-108-63-73(100)92-87-51-44-41-38-35-32-29-26-23-20-17-14-11-8-5-2/h13-18,50-52,65-66H,4-12,19-49,53-64H2,1-3H3,(H,80,94)(H,81,95)(H,82,96)(H,83,97)(H,84,98)(H,85,102)(H,89,103)(H,91,99)(H,92,100)(H,93,101)(H4,78,79,90)/b16-13-,17-14-,18-15-,86-50-,87-51-,88-52-/t65-,66-/m0/s1. The summed E-state index contributed by atoms with van der Waals surface area (Å²) in [6.45, 7) is 6.90. The number of nitrogens with zero attached hydrogens (tertiary/aromatic N) is 4. The van der Waals surface area contributed by atoms with Gasteiger partial charge in [0.05, 0.1) is 34.5 Å². The van der Waals surface area contributed by atoms with E-state index in [-0.39, 0.29) is 135 Å². The van der Waals surface area contributed by atoms with E-state index in [1.54, 1.807) is 18.6 Å². The molecule has 26 nitrogen and oxygen atoms in total. The third-order valence-corrected chi connectivity index (χ3v) is 22.7. The van der Waals surface area contributed by atoms with Crippen molar-refractivity contribution in [2.24, 2.45) is 31.8 Å². The molecule has 10 amide bonds. The number of amides is 10. The number of nitrogens with two attached hydrogens (primary N) is 2.